The van der Waals surface area contributed by atoms with E-state index >= 15 is 0 Å². The zero-order chi connectivity index (χ0) is 18.5. The van der Waals surface area contributed by atoms with Gasteiger partial charge in [-0.2, -0.15) is 0 Å². The van der Waals surface area contributed by atoms with E-state index in [1.807, 2.05) is 36.4 Å². The van der Waals surface area contributed by atoms with E-state index in [9.17, 15) is 13.5 Å². The van der Waals surface area contributed by atoms with Gasteiger partial charge in [0.1, 0.15) is 18.0 Å². The SMILES string of the molecule is O=S(=O)(Cc1ccccc1OCc1ccccc1)CC1(O)CCCOC1. The summed E-state index contributed by atoms with van der Waals surface area (Å²) < 4.78 is 36.3. The lowest BCUT2D eigenvalue weighted by atomic mass is 9.99. The molecular formula is C20H24O5S. The number of rotatable bonds is 7. The molecule has 140 valence electrons. The highest BCUT2D eigenvalue weighted by Crippen LogP contribution is 2.26. The lowest BCUT2D eigenvalue weighted by molar-refractivity contribution is -0.0706. The Morgan fingerprint density at radius 1 is 1.08 bits per heavy atom. The first kappa shape index (κ1) is 18.9. The summed E-state index contributed by atoms with van der Waals surface area (Å²) in [6.07, 6.45) is 1.11. The molecule has 1 saturated heterocycles. The number of sulfone groups is 1. The monoisotopic (exact) mass is 376 g/mol. The number of ether oxygens (including phenoxy) is 2. The van der Waals surface area contributed by atoms with Crippen LogP contribution in [0.25, 0.3) is 0 Å². The van der Waals surface area contributed by atoms with E-state index in [2.05, 4.69) is 0 Å². The number of hydrogen-bond acceptors (Lipinski definition) is 5. The minimum absolute atomic E-state index is 0.0678. The van der Waals surface area contributed by atoms with Gasteiger partial charge in [0.15, 0.2) is 9.84 Å². The summed E-state index contributed by atoms with van der Waals surface area (Å²) in [6, 6.07) is 16.8. The molecule has 5 nitrogen and oxygen atoms in total. The summed E-state index contributed by atoms with van der Waals surface area (Å²) in [5.74, 6) is 0.0830. The van der Waals surface area contributed by atoms with Crippen LogP contribution in [0.4, 0.5) is 0 Å². The first-order chi connectivity index (χ1) is 12.5. The predicted molar refractivity (Wildman–Crippen MR) is 99.7 cm³/mol. The number of benzene rings is 2. The predicted octanol–water partition coefficient (Wildman–Crippen LogP) is 2.72. The summed E-state index contributed by atoms with van der Waals surface area (Å²) in [4.78, 5) is 0. The van der Waals surface area contributed by atoms with Gasteiger partial charge in [-0.05, 0) is 24.5 Å². The fourth-order valence-corrected chi connectivity index (χ4v) is 5.01. The minimum atomic E-state index is -3.51. The van der Waals surface area contributed by atoms with Gasteiger partial charge in [-0.1, -0.05) is 48.5 Å². The lowest BCUT2D eigenvalue weighted by Crippen LogP contribution is -2.44. The average Bonchev–Trinajstić information content (AvgIpc) is 2.61. The second-order valence-electron chi connectivity index (χ2n) is 6.79. The third kappa shape index (κ3) is 5.30. The fraction of sp³-hybridized carbons (Fsp3) is 0.400. The lowest BCUT2D eigenvalue weighted by Gasteiger charge is -2.31. The van der Waals surface area contributed by atoms with Gasteiger partial charge in [0.25, 0.3) is 0 Å². The van der Waals surface area contributed by atoms with Gasteiger partial charge < -0.3 is 14.6 Å². The maximum atomic E-state index is 12.6. The standard InChI is InChI=1S/C20H24O5S/c21-20(11-6-12-24-15-20)16-26(22,23)14-18-9-4-5-10-19(18)25-13-17-7-2-1-3-8-17/h1-5,7-10,21H,6,11-16H2. The Balaban J connectivity index is 1.69. The quantitative estimate of drug-likeness (QED) is 0.804. The summed E-state index contributed by atoms with van der Waals surface area (Å²) in [5, 5.41) is 10.5. The molecule has 1 N–H and O–H groups in total. The van der Waals surface area contributed by atoms with Gasteiger partial charge in [0.05, 0.1) is 18.1 Å². The van der Waals surface area contributed by atoms with Crippen LogP contribution in [0.1, 0.15) is 24.0 Å². The third-order valence-electron chi connectivity index (χ3n) is 4.38. The van der Waals surface area contributed by atoms with E-state index < -0.39 is 15.4 Å². The van der Waals surface area contributed by atoms with Crippen LogP contribution in [0.2, 0.25) is 0 Å². The van der Waals surface area contributed by atoms with E-state index in [4.69, 9.17) is 9.47 Å². The molecule has 0 saturated carbocycles. The molecular weight excluding hydrogens is 352 g/mol. The van der Waals surface area contributed by atoms with Crippen LogP contribution < -0.4 is 4.74 Å². The van der Waals surface area contributed by atoms with Crippen LogP contribution in [0.15, 0.2) is 54.6 Å². The van der Waals surface area contributed by atoms with Gasteiger partial charge in [0, 0.05) is 12.2 Å². The van der Waals surface area contributed by atoms with Crippen molar-refractivity contribution in [3.05, 3.63) is 65.7 Å². The molecule has 6 heteroatoms. The van der Waals surface area contributed by atoms with Gasteiger partial charge in [-0.15, -0.1) is 0 Å². The van der Waals surface area contributed by atoms with E-state index in [1.54, 1.807) is 18.2 Å². The second-order valence-corrected chi connectivity index (χ2v) is 8.86. The van der Waals surface area contributed by atoms with Crippen molar-refractivity contribution in [2.75, 3.05) is 19.0 Å². The average molecular weight is 376 g/mol. The van der Waals surface area contributed by atoms with Crippen molar-refractivity contribution >= 4 is 9.84 Å². The van der Waals surface area contributed by atoms with Gasteiger partial charge >= 0.3 is 0 Å². The summed E-state index contributed by atoms with van der Waals surface area (Å²) in [7, 11) is -3.51. The van der Waals surface area contributed by atoms with E-state index in [0.29, 0.717) is 37.4 Å². The first-order valence-corrected chi connectivity index (χ1v) is 10.5. The zero-order valence-corrected chi connectivity index (χ0v) is 15.5. The van der Waals surface area contributed by atoms with Crippen molar-refractivity contribution in [2.45, 2.75) is 30.8 Å². The molecule has 1 atom stereocenters. The third-order valence-corrected chi connectivity index (χ3v) is 6.10. The van der Waals surface area contributed by atoms with Gasteiger partial charge in [0.2, 0.25) is 0 Å². The highest BCUT2D eigenvalue weighted by atomic mass is 32.2. The Hall–Kier alpha value is -1.89. The van der Waals surface area contributed by atoms with Crippen molar-refractivity contribution in [1.82, 2.24) is 0 Å². The topological polar surface area (TPSA) is 72.8 Å². The summed E-state index contributed by atoms with van der Waals surface area (Å²) >= 11 is 0. The molecule has 0 bridgehead atoms. The molecule has 1 fully saturated rings. The van der Waals surface area contributed by atoms with Crippen molar-refractivity contribution < 1.29 is 23.0 Å². The highest BCUT2D eigenvalue weighted by molar-refractivity contribution is 7.90. The molecule has 1 aliphatic heterocycles. The van der Waals surface area contributed by atoms with E-state index in [-0.39, 0.29) is 18.1 Å². The normalized spacial score (nSPS) is 20.7. The van der Waals surface area contributed by atoms with Crippen LogP contribution in [-0.4, -0.2) is 38.1 Å². The summed E-state index contributed by atoms with van der Waals surface area (Å²) in [5.41, 5.74) is 0.319. The Morgan fingerprint density at radius 2 is 1.81 bits per heavy atom. The maximum absolute atomic E-state index is 12.6. The number of aliphatic hydroxyl groups is 1. The van der Waals surface area contributed by atoms with Gasteiger partial charge in [-0.25, -0.2) is 8.42 Å². The van der Waals surface area contributed by atoms with Crippen molar-refractivity contribution in [3.63, 3.8) is 0 Å². The Bertz CT molecular complexity index is 811. The van der Waals surface area contributed by atoms with Crippen LogP contribution in [0.3, 0.4) is 0 Å². The smallest absolute Gasteiger partial charge is 0.157 e. The molecule has 0 spiro atoms. The maximum Gasteiger partial charge on any atom is 0.157 e. The van der Waals surface area contributed by atoms with Crippen LogP contribution in [0.5, 0.6) is 5.75 Å². The van der Waals surface area contributed by atoms with E-state index in [0.717, 1.165) is 5.56 Å². The van der Waals surface area contributed by atoms with Crippen LogP contribution >= 0.6 is 0 Å². The minimum Gasteiger partial charge on any atom is -0.489 e. The van der Waals surface area contributed by atoms with Crippen molar-refractivity contribution in [1.29, 1.82) is 0 Å². The molecule has 0 amide bonds. The largest absolute Gasteiger partial charge is 0.489 e. The first-order valence-electron chi connectivity index (χ1n) is 8.71. The molecule has 0 aromatic heterocycles. The van der Waals surface area contributed by atoms with E-state index in [1.165, 1.54) is 0 Å². The molecule has 2 aromatic rings. The number of para-hydroxylation sites is 1. The van der Waals surface area contributed by atoms with Crippen LogP contribution in [-0.2, 0) is 26.9 Å². The molecule has 1 unspecified atom stereocenters. The number of hydrogen-bond donors (Lipinski definition) is 1. The Labute approximate surface area is 154 Å². The van der Waals surface area contributed by atoms with Crippen molar-refractivity contribution in [2.24, 2.45) is 0 Å². The second kappa shape index (κ2) is 8.20. The summed E-state index contributed by atoms with van der Waals surface area (Å²) in [6.45, 7) is 1.01. The molecule has 3 rings (SSSR count). The molecule has 0 aliphatic carbocycles. The molecule has 26 heavy (non-hydrogen) atoms. The molecule has 0 radical (unpaired) electrons. The zero-order valence-electron chi connectivity index (χ0n) is 14.6. The molecule has 1 heterocycles. The highest BCUT2D eigenvalue weighted by Gasteiger charge is 2.35. The fourth-order valence-electron chi connectivity index (χ4n) is 3.15. The Morgan fingerprint density at radius 3 is 2.54 bits per heavy atom. The van der Waals surface area contributed by atoms with Crippen molar-refractivity contribution in [3.8, 4) is 5.75 Å². The van der Waals surface area contributed by atoms with Gasteiger partial charge in [-0.3, -0.25) is 0 Å². The van der Waals surface area contributed by atoms with Crippen LogP contribution in [0, 0.1) is 0 Å². The molecule has 2 aromatic carbocycles. The Kier molecular flexibility index (Phi) is 5.96. The molecule has 1 aliphatic rings.